The van der Waals surface area contributed by atoms with Crippen molar-refractivity contribution in [2.24, 2.45) is 0 Å². The molecule has 4 nitrogen and oxygen atoms in total. The third-order valence-corrected chi connectivity index (χ3v) is 5.01. The molecule has 0 saturated carbocycles. The third-order valence-electron chi connectivity index (χ3n) is 4.49. The van der Waals surface area contributed by atoms with Crippen LogP contribution in [0.5, 0.6) is 0 Å². The van der Waals surface area contributed by atoms with E-state index in [1.165, 1.54) is 0 Å². The van der Waals surface area contributed by atoms with Gasteiger partial charge in [0, 0.05) is 21.3 Å². The van der Waals surface area contributed by atoms with Crippen molar-refractivity contribution in [3.8, 4) is 11.3 Å². The standard InChI is InChI=1S/C22H17BrN2O2/c1-13-3-4-14(2)20(11-13)24-22(26)16-7-10-19-18(12-16)21(27-25-19)15-5-8-17(23)9-6-15/h3-12H,1-2H3,(H,24,26). The van der Waals surface area contributed by atoms with Gasteiger partial charge in [-0.1, -0.05) is 33.2 Å². The van der Waals surface area contributed by atoms with E-state index >= 15 is 0 Å². The number of halogens is 1. The predicted octanol–water partition coefficient (Wildman–Crippen LogP) is 6.13. The van der Waals surface area contributed by atoms with Crippen LogP contribution in [0.1, 0.15) is 21.5 Å². The topological polar surface area (TPSA) is 55.1 Å². The molecule has 0 aliphatic carbocycles. The van der Waals surface area contributed by atoms with Crippen molar-refractivity contribution >= 4 is 38.4 Å². The van der Waals surface area contributed by atoms with Crippen LogP contribution in [0.2, 0.25) is 0 Å². The number of nitrogens with one attached hydrogen (secondary N) is 1. The second-order valence-corrected chi connectivity index (χ2v) is 7.44. The molecule has 0 fully saturated rings. The molecule has 4 aromatic rings. The first-order valence-electron chi connectivity index (χ1n) is 8.55. The zero-order valence-electron chi connectivity index (χ0n) is 14.9. The highest BCUT2D eigenvalue weighted by atomic mass is 79.9. The van der Waals surface area contributed by atoms with Crippen molar-refractivity contribution in [1.29, 1.82) is 0 Å². The Morgan fingerprint density at radius 3 is 2.56 bits per heavy atom. The molecule has 0 radical (unpaired) electrons. The van der Waals surface area contributed by atoms with Gasteiger partial charge in [-0.15, -0.1) is 0 Å². The van der Waals surface area contributed by atoms with Crippen molar-refractivity contribution in [1.82, 2.24) is 5.16 Å². The average molecular weight is 421 g/mol. The van der Waals surface area contributed by atoms with Crippen LogP contribution in [0.4, 0.5) is 5.69 Å². The summed E-state index contributed by atoms with van der Waals surface area (Å²) < 4.78 is 6.52. The summed E-state index contributed by atoms with van der Waals surface area (Å²) in [6, 6.07) is 19.2. The van der Waals surface area contributed by atoms with Crippen molar-refractivity contribution in [3.63, 3.8) is 0 Å². The van der Waals surface area contributed by atoms with Gasteiger partial charge in [0.2, 0.25) is 0 Å². The van der Waals surface area contributed by atoms with E-state index in [1.807, 2.05) is 62.4 Å². The van der Waals surface area contributed by atoms with E-state index < -0.39 is 0 Å². The van der Waals surface area contributed by atoms with E-state index in [9.17, 15) is 4.79 Å². The molecule has 134 valence electrons. The highest BCUT2D eigenvalue weighted by Gasteiger charge is 2.15. The lowest BCUT2D eigenvalue weighted by molar-refractivity contribution is 0.102. The SMILES string of the molecule is Cc1ccc(C)c(NC(=O)c2ccc3noc(-c4ccc(Br)cc4)c3c2)c1. The Balaban J connectivity index is 1.70. The molecule has 0 bridgehead atoms. The summed E-state index contributed by atoms with van der Waals surface area (Å²) in [6.07, 6.45) is 0. The molecule has 0 saturated heterocycles. The van der Waals surface area contributed by atoms with Gasteiger partial charge in [0.25, 0.3) is 5.91 Å². The number of aryl methyl sites for hydroxylation is 2. The Morgan fingerprint density at radius 1 is 1.00 bits per heavy atom. The Bertz CT molecular complexity index is 1150. The summed E-state index contributed by atoms with van der Waals surface area (Å²) in [5, 5.41) is 7.91. The molecule has 4 rings (SSSR count). The minimum atomic E-state index is -0.159. The summed E-state index contributed by atoms with van der Waals surface area (Å²) in [5.74, 6) is 0.493. The molecule has 0 aliphatic heterocycles. The minimum absolute atomic E-state index is 0.159. The van der Waals surface area contributed by atoms with Crippen molar-refractivity contribution in [2.75, 3.05) is 5.32 Å². The molecule has 3 aromatic carbocycles. The average Bonchev–Trinajstić information content (AvgIpc) is 3.08. The van der Waals surface area contributed by atoms with E-state index in [2.05, 4.69) is 26.4 Å². The maximum atomic E-state index is 12.8. The third kappa shape index (κ3) is 3.51. The number of hydrogen-bond donors (Lipinski definition) is 1. The lowest BCUT2D eigenvalue weighted by Gasteiger charge is -2.09. The van der Waals surface area contributed by atoms with Gasteiger partial charge in [-0.3, -0.25) is 4.79 Å². The Kier molecular flexibility index (Phi) is 4.54. The number of hydrogen-bond acceptors (Lipinski definition) is 3. The molecule has 0 spiro atoms. The number of benzene rings is 3. The summed E-state index contributed by atoms with van der Waals surface area (Å²) in [4.78, 5) is 12.8. The van der Waals surface area contributed by atoms with Crippen LogP contribution in [-0.2, 0) is 0 Å². The smallest absolute Gasteiger partial charge is 0.255 e. The first-order valence-corrected chi connectivity index (χ1v) is 9.34. The van der Waals surface area contributed by atoms with Crippen LogP contribution < -0.4 is 5.32 Å². The highest BCUT2D eigenvalue weighted by Crippen LogP contribution is 2.30. The number of anilines is 1. The minimum Gasteiger partial charge on any atom is -0.355 e. The molecule has 0 unspecified atom stereocenters. The Labute approximate surface area is 165 Å². The normalized spacial score (nSPS) is 10.9. The van der Waals surface area contributed by atoms with Gasteiger partial charge in [-0.25, -0.2) is 0 Å². The fourth-order valence-electron chi connectivity index (χ4n) is 2.96. The summed E-state index contributed by atoms with van der Waals surface area (Å²) in [7, 11) is 0. The predicted molar refractivity (Wildman–Crippen MR) is 111 cm³/mol. The molecule has 27 heavy (non-hydrogen) atoms. The molecule has 5 heteroatoms. The van der Waals surface area contributed by atoms with Crippen LogP contribution in [0.25, 0.3) is 22.2 Å². The van der Waals surface area contributed by atoms with Crippen molar-refractivity contribution in [2.45, 2.75) is 13.8 Å². The number of fused-ring (bicyclic) bond motifs is 1. The number of amides is 1. The maximum Gasteiger partial charge on any atom is 0.255 e. The first-order chi connectivity index (χ1) is 13.0. The van der Waals surface area contributed by atoms with Crippen molar-refractivity contribution in [3.05, 3.63) is 81.8 Å². The molecule has 1 N–H and O–H groups in total. The van der Waals surface area contributed by atoms with Gasteiger partial charge >= 0.3 is 0 Å². The number of nitrogens with zero attached hydrogens (tertiary/aromatic N) is 1. The second-order valence-electron chi connectivity index (χ2n) is 6.52. The molecule has 0 atom stereocenters. The Morgan fingerprint density at radius 2 is 1.78 bits per heavy atom. The zero-order valence-corrected chi connectivity index (χ0v) is 16.5. The van der Waals surface area contributed by atoms with Gasteiger partial charge in [0.1, 0.15) is 5.52 Å². The molecule has 1 amide bonds. The van der Waals surface area contributed by atoms with Crippen molar-refractivity contribution < 1.29 is 9.32 Å². The van der Waals surface area contributed by atoms with E-state index in [0.717, 1.165) is 37.8 Å². The van der Waals surface area contributed by atoms with Crippen LogP contribution in [0.15, 0.2) is 69.7 Å². The molecular weight excluding hydrogens is 404 g/mol. The molecular formula is C22H17BrN2O2. The Hall–Kier alpha value is -2.92. The van der Waals surface area contributed by atoms with Crippen LogP contribution in [0.3, 0.4) is 0 Å². The van der Waals surface area contributed by atoms with Gasteiger partial charge in [0.15, 0.2) is 5.76 Å². The van der Waals surface area contributed by atoms with E-state index in [-0.39, 0.29) is 5.91 Å². The number of rotatable bonds is 3. The van der Waals surface area contributed by atoms with Crippen LogP contribution in [0, 0.1) is 13.8 Å². The van der Waals surface area contributed by atoms with E-state index in [4.69, 9.17) is 4.52 Å². The number of carbonyl (C=O) groups is 1. The second kappa shape index (κ2) is 7.00. The molecule has 1 heterocycles. The number of aromatic nitrogens is 1. The summed E-state index contributed by atoms with van der Waals surface area (Å²) >= 11 is 3.43. The lowest BCUT2D eigenvalue weighted by atomic mass is 10.1. The van der Waals surface area contributed by atoms with Gasteiger partial charge < -0.3 is 9.84 Å². The van der Waals surface area contributed by atoms with E-state index in [1.54, 1.807) is 12.1 Å². The quantitative estimate of drug-likeness (QED) is 0.433. The first kappa shape index (κ1) is 17.5. The monoisotopic (exact) mass is 420 g/mol. The number of carbonyl (C=O) groups excluding carboxylic acids is 1. The fraction of sp³-hybridized carbons (Fsp3) is 0.0909. The van der Waals surface area contributed by atoms with Gasteiger partial charge in [-0.2, -0.15) is 0 Å². The zero-order chi connectivity index (χ0) is 19.0. The lowest BCUT2D eigenvalue weighted by Crippen LogP contribution is -2.12. The summed E-state index contributed by atoms with van der Waals surface area (Å²) in [6.45, 7) is 3.98. The summed E-state index contributed by atoms with van der Waals surface area (Å²) in [5.41, 5.74) is 5.13. The van der Waals surface area contributed by atoms with Crippen LogP contribution >= 0.6 is 15.9 Å². The molecule has 0 aliphatic rings. The van der Waals surface area contributed by atoms with Gasteiger partial charge in [0.05, 0.1) is 5.39 Å². The largest absolute Gasteiger partial charge is 0.355 e. The van der Waals surface area contributed by atoms with Gasteiger partial charge in [-0.05, 0) is 73.5 Å². The van der Waals surface area contributed by atoms with E-state index in [0.29, 0.717) is 11.3 Å². The maximum absolute atomic E-state index is 12.8. The molecule has 1 aromatic heterocycles. The highest BCUT2D eigenvalue weighted by molar-refractivity contribution is 9.10. The van der Waals surface area contributed by atoms with Crippen LogP contribution in [-0.4, -0.2) is 11.1 Å². The fourth-order valence-corrected chi connectivity index (χ4v) is 3.22.